The Hall–Kier alpha value is -7.89. The Kier molecular flexibility index (Phi) is 15.7. The lowest BCUT2D eigenvalue weighted by atomic mass is 10.0. The van der Waals surface area contributed by atoms with Crippen molar-refractivity contribution in [1.82, 2.24) is 35.3 Å². The van der Waals surface area contributed by atoms with Crippen LogP contribution in [0.25, 0.3) is 10.8 Å². The molecule has 5 aromatic rings. The Morgan fingerprint density at radius 3 is 2.45 bits per heavy atom. The Morgan fingerprint density at radius 2 is 1.71 bits per heavy atom. The van der Waals surface area contributed by atoms with Gasteiger partial charge in [0.15, 0.2) is 11.6 Å². The van der Waals surface area contributed by atoms with Crippen molar-refractivity contribution in [1.29, 1.82) is 5.26 Å². The fraction of sp³-hybridized carbons (Fsp3) is 0.370. The molecule has 0 spiro atoms. The van der Waals surface area contributed by atoms with Gasteiger partial charge in [-0.15, -0.1) is 0 Å². The van der Waals surface area contributed by atoms with Gasteiger partial charge in [-0.1, -0.05) is 54.6 Å². The van der Waals surface area contributed by atoms with Crippen molar-refractivity contribution in [3.05, 3.63) is 123 Å². The van der Waals surface area contributed by atoms with Crippen LogP contribution in [-0.4, -0.2) is 126 Å². The number of ether oxygens (including phenoxy) is 2. The average molecular weight is 1040 g/mol. The first-order valence-corrected chi connectivity index (χ1v) is 25.2. The van der Waals surface area contributed by atoms with Crippen molar-refractivity contribution in [3.8, 4) is 17.8 Å². The fourth-order valence-corrected chi connectivity index (χ4v) is 10.5. The Bertz CT molecular complexity index is 3120. The zero-order chi connectivity index (χ0) is 52.9. The van der Waals surface area contributed by atoms with Gasteiger partial charge in [-0.25, -0.2) is 9.18 Å². The molecule has 3 fully saturated rings. The number of nitrogens with one attached hydrogen (secondary N) is 3. The summed E-state index contributed by atoms with van der Waals surface area (Å²) in [4.78, 5) is 83.5. The second-order valence-electron chi connectivity index (χ2n) is 19.0. The number of carbonyl (C=O) groups is 5. The molecule has 0 saturated carbocycles. The predicted octanol–water partition coefficient (Wildman–Crippen LogP) is 6.49. The van der Waals surface area contributed by atoms with Gasteiger partial charge >= 0.3 is 12.0 Å². The number of carbonyl (C=O) groups excluding carboxylic acids is 5. The molecule has 2 atom stereocenters. The van der Waals surface area contributed by atoms with Gasteiger partial charge in [-0.3, -0.25) is 24.5 Å². The minimum atomic E-state index is -1.30. The summed E-state index contributed by atoms with van der Waals surface area (Å²) in [6.07, 6.45) is 3.19. The SMILES string of the molecule is C=C(COc1cc(NC(=O)NCc2ccc3c(c2)CN(C2CCC(=O)NC2=O)C3=O)cc(F)c1F)C(=O)N1CCN(c2nc(OCC3CCCN3C)nc3c2CCN(c2cccc4cccc(Cl)c24)C3)CC1.CC#N. The first kappa shape index (κ1) is 52.0. The predicted molar refractivity (Wildman–Crippen MR) is 276 cm³/mol. The van der Waals surface area contributed by atoms with Gasteiger partial charge in [0.2, 0.25) is 17.6 Å². The number of benzene rings is 4. The molecule has 0 bridgehead atoms. The van der Waals surface area contributed by atoms with Gasteiger partial charge in [-0.05, 0) is 74.0 Å². The molecule has 21 heteroatoms. The van der Waals surface area contributed by atoms with Crippen LogP contribution in [0.4, 0.5) is 30.8 Å². The van der Waals surface area contributed by atoms with Gasteiger partial charge in [0.25, 0.3) is 11.8 Å². The number of anilines is 3. The summed E-state index contributed by atoms with van der Waals surface area (Å²) >= 11 is 6.75. The van der Waals surface area contributed by atoms with Crippen molar-refractivity contribution >= 4 is 69.2 Å². The van der Waals surface area contributed by atoms with E-state index in [1.54, 1.807) is 29.2 Å². The summed E-state index contributed by atoms with van der Waals surface area (Å²) in [5.41, 5.74) is 4.58. The molecular formula is C54H56ClF2N11O7. The van der Waals surface area contributed by atoms with E-state index in [2.05, 4.69) is 62.5 Å². The largest absolute Gasteiger partial charge is 0.485 e. The second-order valence-corrected chi connectivity index (χ2v) is 19.4. The number of piperidine rings is 1. The second kappa shape index (κ2) is 22.7. The van der Waals surface area contributed by atoms with E-state index in [4.69, 9.17) is 36.3 Å². The van der Waals surface area contributed by atoms with Crippen LogP contribution in [0.5, 0.6) is 11.8 Å². The number of hydrogen-bond donors (Lipinski definition) is 3. The van der Waals surface area contributed by atoms with Crippen LogP contribution >= 0.6 is 11.6 Å². The monoisotopic (exact) mass is 1040 g/mol. The van der Waals surface area contributed by atoms with Gasteiger partial charge in [0.1, 0.15) is 25.1 Å². The van der Waals surface area contributed by atoms with E-state index in [1.165, 1.54) is 11.8 Å². The molecule has 10 rings (SSSR count). The zero-order valence-electron chi connectivity index (χ0n) is 41.6. The van der Waals surface area contributed by atoms with Crippen LogP contribution in [0.15, 0.2) is 78.9 Å². The average Bonchev–Trinajstić information content (AvgIpc) is 3.98. The number of fused-ring (bicyclic) bond motifs is 3. The third-order valence-corrected chi connectivity index (χ3v) is 14.5. The van der Waals surface area contributed by atoms with Crippen molar-refractivity contribution in [2.24, 2.45) is 0 Å². The minimum absolute atomic E-state index is 0.0193. The maximum absolute atomic E-state index is 15.0. The number of aromatic nitrogens is 2. The van der Waals surface area contributed by atoms with Crippen LogP contribution in [0.3, 0.4) is 0 Å². The molecule has 75 heavy (non-hydrogen) atoms. The quantitative estimate of drug-likeness (QED) is 0.0853. The molecule has 2 unspecified atom stereocenters. The van der Waals surface area contributed by atoms with Gasteiger partial charge < -0.3 is 44.6 Å². The molecule has 390 valence electrons. The van der Waals surface area contributed by atoms with E-state index in [-0.39, 0.29) is 55.0 Å². The third-order valence-electron chi connectivity index (χ3n) is 14.1. The molecule has 6 heterocycles. The van der Waals surface area contributed by atoms with Gasteiger partial charge in [0, 0.05) is 111 Å². The molecule has 3 saturated heterocycles. The van der Waals surface area contributed by atoms with Crippen molar-refractivity contribution in [3.63, 3.8) is 0 Å². The number of likely N-dealkylation sites (N-methyl/N-ethyl adjacent to an activating group) is 1. The van der Waals surface area contributed by atoms with E-state index in [9.17, 15) is 28.4 Å². The molecule has 6 amide bonds. The van der Waals surface area contributed by atoms with Crippen LogP contribution in [-0.2, 0) is 40.4 Å². The van der Waals surface area contributed by atoms with E-state index >= 15 is 4.39 Å². The normalized spacial score (nSPS) is 18.4. The molecule has 5 aliphatic heterocycles. The number of halogens is 3. The van der Waals surface area contributed by atoms with Crippen LogP contribution in [0.2, 0.25) is 5.02 Å². The lowest BCUT2D eigenvalue weighted by Gasteiger charge is -2.38. The van der Waals surface area contributed by atoms with E-state index < -0.39 is 47.9 Å². The Balaban J connectivity index is 0.00000224. The van der Waals surface area contributed by atoms with Crippen LogP contribution in [0, 0.1) is 23.0 Å². The number of likely N-dealkylation sites (tertiary alicyclic amines) is 1. The highest BCUT2D eigenvalue weighted by atomic mass is 35.5. The van der Waals surface area contributed by atoms with Crippen molar-refractivity contribution in [2.75, 3.05) is 74.6 Å². The summed E-state index contributed by atoms with van der Waals surface area (Å²) < 4.78 is 41.8. The molecule has 0 aliphatic carbocycles. The number of piperazine rings is 1. The summed E-state index contributed by atoms with van der Waals surface area (Å²) in [5, 5.41) is 17.5. The smallest absolute Gasteiger partial charge is 0.319 e. The standard InChI is InChI=1S/C52H53ClF2N10O7.C2H3N/c1-30(28-71-43-24-34(23-39(54)46(43)55)57-51(70)56-25-31-11-12-36-33(22-31)26-65(50(36)69)42-13-14-44(66)59-48(42)67)49(68)63-20-18-62(19-21-63)47-37-15-17-64(41-10-4-7-32-6-3-9-38(53)45(32)41)27-40(37)58-52(60-47)72-29-35-8-5-16-61(35)2;1-2-3/h3-4,6-7,9-12,22-24,35,42H,1,5,8,13-21,25-29H2,2H3,(H2,56,57,70)(H,59,66,67);1H3. The minimum Gasteiger partial charge on any atom is -0.485 e. The molecule has 3 N–H and O–H groups in total. The van der Waals surface area contributed by atoms with E-state index in [0.29, 0.717) is 80.0 Å². The number of hydrogen-bond acceptors (Lipinski definition) is 13. The molecular weight excluding hydrogens is 988 g/mol. The fourth-order valence-electron chi connectivity index (χ4n) is 10.2. The van der Waals surface area contributed by atoms with Gasteiger partial charge in [0.05, 0.1) is 23.3 Å². The summed E-state index contributed by atoms with van der Waals surface area (Å²) in [7, 11) is 2.10. The zero-order valence-corrected chi connectivity index (χ0v) is 42.4. The molecule has 5 aliphatic rings. The van der Waals surface area contributed by atoms with Crippen LogP contribution < -0.4 is 35.2 Å². The number of rotatable bonds is 13. The molecule has 1 aromatic heterocycles. The summed E-state index contributed by atoms with van der Waals surface area (Å²) in [6.45, 7) is 9.40. The van der Waals surface area contributed by atoms with Gasteiger partial charge in [-0.2, -0.15) is 19.6 Å². The van der Waals surface area contributed by atoms with Crippen molar-refractivity contribution < 1.29 is 42.2 Å². The topological polar surface area (TPSA) is 206 Å². The highest BCUT2D eigenvalue weighted by Crippen LogP contribution is 2.38. The maximum atomic E-state index is 15.0. The van der Waals surface area contributed by atoms with Crippen molar-refractivity contribution in [2.45, 2.75) is 70.7 Å². The Morgan fingerprint density at radius 1 is 0.933 bits per heavy atom. The maximum Gasteiger partial charge on any atom is 0.319 e. The lowest BCUT2D eigenvalue weighted by Crippen LogP contribution is -2.52. The third kappa shape index (κ3) is 11.4. The molecule has 0 radical (unpaired) electrons. The first-order valence-electron chi connectivity index (χ1n) is 24.8. The molecule has 4 aromatic carbocycles. The summed E-state index contributed by atoms with van der Waals surface area (Å²) in [5.74, 6) is -3.94. The number of nitriles is 1. The lowest BCUT2D eigenvalue weighted by molar-refractivity contribution is -0.137. The Labute approximate surface area is 437 Å². The number of amides is 6. The number of nitrogens with zero attached hydrogens (tertiary/aromatic N) is 8. The first-order chi connectivity index (χ1) is 36.2. The highest BCUT2D eigenvalue weighted by Gasteiger charge is 2.39. The van der Waals surface area contributed by atoms with E-state index in [1.807, 2.05) is 18.2 Å². The molecule has 18 nitrogen and oxygen atoms in total. The van der Waals surface area contributed by atoms with E-state index in [0.717, 1.165) is 65.1 Å². The van der Waals surface area contributed by atoms with Crippen LogP contribution in [0.1, 0.15) is 65.3 Å². The summed E-state index contributed by atoms with van der Waals surface area (Å²) in [6, 6.07) is 19.9. The highest BCUT2D eigenvalue weighted by molar-refractivity contribution is 6.36. The number of urea groups is 1. The number of imide groups is 1.